The molecule has 0 spiro atoms. The van der Waals surface area contributed by atoms with Gasteiger partial charge >= 0.3 is 0 Å². The maximum absolute atomic E-state index is 12.5. The lowest BCUT2D eigenvalue weighted by Crippen LogP contribution is -2.46. The van der Waals surface area contributed by atoms with Gasteiger partial charge in [0.05, 0.1) is 17.6 Å². The molecule has 8 nitrogen and oxygen atoms in total. The Morgan fingerprint density at radius 3 is 3.08 bits per heavy atom. The number of fused-ring (bicyclic) bond motifs is 1. The lowest BCUT2D eigenvalue weighted by atomic mass is 9.97. The van der Waals surface area contributed by atoms with Gasteiger partial charge in [-0.25, -0.2) is 4.98 Å². The van der Waals surface area contributed by atoms with Gasteiger partial charge in [-0.1, -0.05) is 0 Å². The summed E-state index contributed by atoms with van der Waals surface area (Å²) in [6, 6.07) is 1.75. The largest absolute Gasteiger partial charge is 0.355 e. The van der Waals surface area contributed by atoms with Crippen LogP contribution < -0.4 is 16.6 Å². The predicted molar refractivity (Wildman–Crippen MR) is 99.9 cm³/mol. The molecule has 9 heteroatoms. The van der Waals surface area contributed by atoms with Crippen molar-refractivity contribution in [1.29, 1.82) is 0 Å². The summed E-state index contributed by atoms with van der Waals surface area (Å²) in [7, 11) is 0. The maximum Gasteiger partial charge on any atom is 0.262 e. The molecule has 1 atom stereocenters. The first-order valence-corrected chi connectivity index (χ1v) is 9.66. The van der Waals surface area contributed by atoms with E-state index in [0.717, 1.165) is 12.8 Å². The number of carbonyl (C=O) groups excluding carboxylic acids is 2. The van der Waals surface area contributed by atoms with Crippen molar-refractivity contribution in [2.75, 3.05) is 26.2 Å². The molecule has 2 aromatic heterocycles. The highest BCUT2D eigenvalue weighted by Crippen LogP contribution is 2.18. The molecule has 0 bridgehead atoms. The van der Waals surface area contributed by atoms with Crippen molar-refractivity contribution in [3.63, 3.8) is 0 Å². The topological polar surface area (TPSA) is 110 Å². The minimum Gasteiger partial charge on any atom is -0.355 e. The average Bonchev–Trinajstić information content (AvgIpc) is 3.15. The van der Waals surface area contributed by atoms with Crippen molar-refractivity contribution in [1.82, 2.24) is 19.8 Å². The van der Waals surface area contributed by atoms with E-state index in [1.165, 1.54) is 22.2 Å². The Balaban J connectivity index is 1.58. The number of likely N-dealkylation sites (tertiary alicyclic amines) is 1. The Morgan fingerprint density at radius 1 is 1.42 bits per heavy atom. The van der Waals surface area contributed by atoms with E-state index in [-0.39, 0.29) is 36.3 Å². The molecule has 1 aliphatic heterocycles. The molecule has 1 unspecified atom stereocenters. The lowest BCUT2D eigenvalue weighted by Gasteiger charge is -2.32. The molecule has 1 aliphatic rings. The number of amides is 2. The van der Waals surface area contributed by atoms with Gasteiger partial charge in [0.1, 0.15) is 4.83 Å². The normalized spacial score (nSPS) is 17.4. The van der Waals surface area contributed by atoms with Gasteiger partial charge < -0.3 is 16.0 Å². The van der Waals surface area contributed by atoms with Crippen LogP contribution in [0.2, 0.25) is 0 Å². The van der Waals surface area contributed by atoms with Crippen LogP contribution in [0.25, 0.3) is 10.2 Å². The van der Waals surface area contributed by atoms with Crippen molar-refractivity contribution < 1.29 is 9.59 Å². The van der Waals surface area contributed by atoms with Crippen molar-refractivity contribution in [3.05, 3.63) is 28.1 Å². The van der Waals surface area contributed by atoms with Gasteiger partial charge in [-0.2, -0.15) is 0 Å². The van der Waals surface area contributed by atoms with Gasteiger partial charge in [-0.3, -0.25) is 19.0 Å². The number of hydrogen-bond donors (Lipinski definition) is 2. The summed E-state index contributed by atoms with van der Waals surface area (Å²) in [5, 5.41) is 5.20. The minimum atomic E-state index is -0.189. The Kier molecular flexibility index (Phi) is 6.00. The number of carbonyl (C=O) groups is 2. The maximum atomic E-state index is 12.5. The molecule has 0 radical (unpaired) electrons. The zero-order valence-electron chi connectivity index (χ0n) is 14.5. The van der Waals surface area contributed by atoms with Crippen LogP contribution in [0.5, 0.6) is 0 Å². The third-order valence-electron chi connectivity index (χ3n) is 4.61. The Bertz CT molecular complexity index is 846. The lowest BCUT2D eigenvalue weighted by molar-refractivity contribution is -0.135. The smallest absolute Gasteiger partial charge is 0.262 e. The molecular weight excluding hydrogens is 354 g/mol. The zero-order valence-corrected chi connectivity index (χ0v) is 15.3. The second kappa shape index (κ2) is 8.41. The summed E-state index contributed by atoms with van der Waals surface area (Å²) < 4.78 is 1.47. The second-order valence-corrected chi connectivity index (χ2v) is 7.29. The predicted octanol–water partition coefficient (Wildman–Crippen LogP) is 0.162. The SMILES string of the molecule is NCCNC(=O)C1CCCN(C(=O)CCn2cnc3sccc3c2=O)C1. The fourth-order valence-corrected chi connectivity index (χ4v) is 3.91. The van der Waals surface area contributed by atoms with Crippen LogP contribution in [0.1, 0.15) is 19.3 Å². The number of aryl methyl sites for hydroxylation is 1. The van der Waals surface area contributed by atoms with Crippen LogP contribution >= 0.6 is 11.3 Å². The van der Waals surface area contributed by atoms with Crippen molar-refractivity contribution in [2.45, 2.75) is 25.8 Å². The first-order chi connectivity index (χ1) is 12.6. The van der Waals surface area contributed by atoms with Crippen molar-refractivity contribution in [2.24, 2.45) is 11.7 Å². The van der Waals surface area contributed by atoms with Crippen LogP contribution in [0.4, 0.5) is 0 Å². The minimum absolute atomic E-state index is 0.0429. The summed E-state index contributed by atoms with van der Waals surface area (Å²) in [4.78, 5) is 43.6. The van der Waals surface area contributed by atoms with Crippen LogP contribution in [-0.2, 0) is 16.1 Å². The quantitative estimate of drug-likeness (QED) is 0.745. The number of hydrogen-bond acceptors (Lipinski definition) is 6. The van der Waals surface area contributed by atoms with E-state index in [1.54, 1.807) is 11.0 Å². The molecular formula is C17H23N5O3S. The van der Waals surface area contributed by atoms with Crippen LogP contribution in [0, 0.1) is 5.92 Å². The van der Waals surface area contributed by atoms with E-state index < -0.39 is 0 Å². The number of nitrogens with two attached hydrogens (primary N) is 1. The highest BCUT2D eigenvalue weighted by molar-refractivity contribution is 7.16. The number of nitrogens with zero attached hydrogens (tertiary/aromatic N) is 3. The molecule has 2 aromatic rings. The number of piperidine rings is 1. The molecule has 0 saturated carbocycles. The molecule has 3 rings (SSSR count). The molecule has 1 fully saturated rings. The summed E-state index contributed by atoms with van der Waals surface area (Å²) >= 11 is 1.42. The Morgan fingerprint density at radius 2 is 2.27 bits per heavy atom. The average molecular weight is 377 g/mol. The third kappa shape index (κ3) is 4.10. The van der Waals surface area contributed by atoms with E-state index in [0.29, 0.717) is 36.4 Å². The first kappa shape index (κ1) is 18.5. The molecule has 0 aliphatic carbocycles. The van der Waals surface area contributed by atoms with E-state index in [9.17, 15) is 14.4 Å². The molecule has 26 heavy (non-hydrogen) atoms. The standard InChI is InChI=1S/C17H23N5O3S/c18-5-6-19-15(24)12-2-1-7-21(10-12)14(23)3-8-22-11-20-16-13(17(22)25)4-9-26-16/h4,9,11-12H,1-3,5-8,10,18H2,(H,19,24). The van der Waals surface area contributed by atoms with Gasteiger partial charge in [0, 0.05) is 39.1 Å². The number of nitrogens with one attached hydrogen (secondary N) is 1. The number of aromatic nitrogens is 2. The first-order valence-electron chi connectivity index (χ1n) is 8.78. The summed E-state index contributed by atoms with van der Waals surface area (Å²) in [6.07, 6.45) is 3.29. The zero-order chi connectivity index (χ0) is 18.5. The van der Waals surface area contributed by atoms with Gasteiger partial charge in [0.25, 0.3) is 5.56 Å². The fraction of sp³-hybridized carbons (Fsp3) is 0.529. The molecule has 1 saturated heterocycles. The summed E-state index contributed by atoms with van der Waals surface area (Å²) in [5.74, 6) is -0.277. The van der Waals surface area contributed by atoms with Crippen LogP contribution in [0.3, 0.4) is 0 Å². The van der Waals surface area contributed by atoms with Gasteiger partial charge in [0.2, 0.25) is 11.8 Å². The second-order valence-electron chi connectivity index (χ2n) is 6.39. The van der Waals surface area contributed by atoms with E-state index in [1.807, 2.05) is 5.38 Å². The van der Waals surface area contributed by atoms with E-state index >= 15 is 0 Å². The number of rotatable bonds is 6. The third-order valence-corrected chi connectivity index (χ3v) is 5.43. The number of thiophene rings is 1. The highest BCUT2D eigenvalue weighted by Gasteiger charge is 2.28. The fourth-order valence-electron chi connectivity index (χ4n) is 3.18. The van der Waals surface area contributed by atoms with Crippen molar-refractivity contribution >= 4 is 33.4 Å². The highest BCUT2D eigenvalue weighted by atomic mass is 32.1. The molecule has 3 N–H and O–H groups in total. The van der Waals surface area contributed by atoms with Gasteiger partial charge in [-0.15, -0.1) is 11.3 Å². The molecule has 140 valence electrons. The van der Waals surface area contributed by atoms with Crippen LogP contribution in [0.15, 0.2) is 22.6 Å². The summed E-state index contributed by atoms with van der Waals surface area (Å²) in [6.45, 7) is 2.21. The van der Waals surface area contributed by atoms with Crippen molar-refractivity contribution in [3.8, 4) is 0 Å². The Hall–Kier alpha value is -2.26. The van der Waals surface area contributed by atoms with E-state index in [2.05, 4.69) is 10.3 Å². The Labute approximate surface area is 155 Å². The van der Waals surface area contributed by atoms with E-state index in [4.69, 9.17) is 5.73 Å². The summed E-state index contributed by atoms with van der Waals surface area (Å²) in [5.41, 5.74) is 5.28. The molecule has 3 heterocycles. The monoisotopic (exact) mass is 377 g/mol. The molecule has 2 amide bonds. The van der Waals surface area contributed by atoms with Gasteiger partial charge in [0.15, 0.2) is 0 Å². The van der Waals surface area contributed by atoms with Gasteiger partial charge in [-0.05, 0) is 24.3 Å². The van der Waals surface area contributed by atoms with Crippen LogP contribution in [-0.4, -0.2) is 52.4 Å². The molecule has 0 aromatic carbocycles.